The van der Waals surface area contributed by atoms with E-state index < -0.39 is 29.3 Å². The van der Waals surface area contributed by atoms with Crippen molar-refractivity contribution in [2.24, 2.45) is 0 Å². The maximum Gasteiger partial charge on any atom is 0.189 e. The van der Waals surface area contributed by atoms with Crippen LogP contribution < -0.4 is 4.74 Å². The Bertz CT molecular complexity index is 1570. The number of ether oxygens (including phenoxy) is 1. The van der Waals surface area contributed by atoms with E-state index in [4.69, 9.17) is 4.74 Å². The smallest absolute Gasteiger partial charge is 0.189 e. The van der Waals surface area contributed by atoms with Crippen LogP contribution in [-0.2, 0) is 0 Å². The van der Waals surface area contributed by atoms with E-state index in [1.165, 1.54) is 60.7 Å². The molecule has 4 aromatic rings. The zero-order valence-corrected chi connectivity index (χ0v) is 19.8. The van der Waals surface area contributed by atoms with Gasteiger partial charge in [-0.25, -0.2) is 0 Å². The highest BCUT2D eigenvalue weighted by atomic mass is 16.5. The van der Waals surface area contributed by atoms with Crippen molar-refractivity contribution in [1.82, 2.24) is 0 Å². The summed E-state index contributed by atoms with van der Waals surface area (Å²) in [5, 5.41) is 49.8. The van der Waals surface area contributed by atoms with Crippen molar-refractivity contribution < 1.29 is 39.9 Å². The molecule has 0 aliphatic carbocycles. The predicted molar refractivity (Wildman–Crippen MR) is 138 cm³/mol. The number of aromatic hydroxyl groups is 5. The number of carbonyl (C=O) groups excluding carboxylic acids is 2. The zero-order chi connectivity index (χ0) is 27.0. The molecule has 0 amide bonds. The number of carbonyl (C=O) groups is 2. The number of rotatable bonds is 6. The zero-order valence-electron chi connectivity index (χ0n) is 19.8. The SMILES string of the molecule is O=C(/C=C/c1ccc(O)cc1)c1cc2c(cc1O)O[C@H](c1ccc(O)cc1)[C@H]2C(=O)c1ccc(O)cc1O. The lowest BCUT2D eigenvalue weighted by Crippen LogP contribution is -2.19. The molecule has 0 bridgehead atoms. The molecule has 0 fully saturated rings. The standard InChI is InChI=1S/C30H22O8/c31-18-6-1-16(2-7-18)3-12-24(34)22-14-23-27(15-26(22)36)38-30(17-4-8-19(32)9-5-17)28(23)29(37)21-11-10-20(33)13-25(21)35/h1-15,28,30-33,35-36H/b12-3+/t28-,30-/m1/s1. The minimum Gasteiger partial charge on any atom is -0.508 e. The Morgan fingerprint density at radius 1 is 0.684 bits per heavy atom. The summed E-state index contributed by atoms with van der Waals surface area (Å²) in [6.07, 6.45) is 1.91. The highest BCUT2D eigenvalue weighted by molar-refractivity contribution is 6.10. The molecule has 0 unspecified atom stereocenters. The number of phenols is 5. The van der Waals surface area contributed by atoms with Crippen LogP contribution in [0.2, 0.25) is 0 Å². The molecule has 1 aliphatic rings. The quantitative estimate of drug-likeness (QED) is 0.176. The summed E-state index contributed by atoms with van der Waals surface area (Å²) < 4.78 is 6.06. The van der Waals surface area contributed by atoms with Crippen molar-refractivity contribution in [3.63, 3.8) is 0 Å². The maximum absolute atomic E-state index is 13.7. The molecule has 0 aromatic heterocycles. The van der Waals surface area contributed by atoms with Crippen LogP contribution in [0.5, 0.6) is 34.5 Å². The molecular formula is C30H22O8. The molecule has 190 valence electrons. The van der Waals surface area contributed by atoms with Crippen molar-refractivity contribution in [2.75, 3.05) is 0 Å². The number of Topliss-reactive ketones (excluding diaryl/α,β-unsaturated/α-hetero) is 1. The van der Waals surface area contributed by atoms with E-state index in [2.05, 4.69) is 0 Å². The topological polar surface area (TPSA) is 145 Å². The minimum absolute atomic E-state index is 0.0225. The number of hydrogen-bond donors (Lipinski definition) is 5. The lowest BCUT2D eigenvalue weighted by Gasteiger charge is -2.19. The lowest BCUT2D eigenvalue weighted by atomic mass is 9.83. The van der Waals surface area contributed by atoms with Crippen molar-refractivity contribution in [1.29, 1.82) is 0 Å². The van der Waals surface area contributed by atoms with E-state index in [-0.39, 0.29) is 39.9 Å². The van der Waals surface area contributed by atoms with Gasteiger partial charge in [-0.3, -0.25) is 9.59 Å². The Balaban J connectivity index is 1.57. The van der Waals surface area contributed by atoms with Crippen molar-refractivity contribution in [3.8, 4) is 34.5 Å². The van der Waals surface area contributed by atoms with Gasteiger partial charge in [-0.1, -0.05) is 30.3 Å². The fourth-order valence-electron chi connectivity index (χ4n) is 4.44. The van der Waals surface area contributed by atoms with Crippen molar-refractivity contribution in [3.05, 3.63) is 113 Å². The summed E-state index contributed by atoms with van der Waals surface area (Å²) in [6, 6.07) is 18.6. The number of phenolic OH excluding ortho intramolecular Hbond substituents is 5. The highest BCUT2D eigenvalue weighted by Crippen LogP contribution is 2.50. The summed E-state index contributed by atoms with van der Waals surface area (Å²) in [4.78, 5) is 26.8. The van der Waals surface area contributed by atoms with Crippen LogP contribution in [0.1, 0.15) is 49.4 Å². The first-order valence-electron chi connectivity index (χ1n) is 11.6. The van der Waals surface area contributed by atoms with Gasteiger partial charge in [-0.2, -0.15) is 0 Å². The fourth-order valence-corrected chi connectivity index (χ4v) is 4.44. The van der Waals surface area contributed by atoms with Gasteiger partial charge >= 0.3 is 0 Å². The molecule has 8 nitrogen and oxygen atoms in total. The average molecular weight is 510 g/mol. The van der Waals surface area contributed by atoms with Crippen LogP contribution in [0, 0.1) is 0 Å². The number of ketones is 2. The van der Waals surface area contributed by atoms with E-state index in [0.717, 1.165) is 6.07 Å². The Hall–Kier alpha value is -5.24. The average Bonchev–Trinajstić information content (AvgIpc) is 3.26. The Labute approximate surface area is 217 Å². The van der Waals surface area contributed by atoms with Crippen LogP contribution in [0.3, 0.4) is 0 Å². The van der Waals surface area contributed by atoms with Gasteiger partial charge in [0, 0.05) is 17.7 Å². The number of fused-ring (bicyclic) bond motifs is 1. The first kappa shape index (κ1) is 24.5. The normalized spacial score (nSPS) is 16.2. The molecule has 1 heterocycles. The van der Waals surface area contributed by atoms with Gasteiger partial charge in [0.15, 0.2) is 11.6 Å². The second-order valence-electron chi connectivity index (χ2n) is 8.87. The molecule has 5 rings (SSSR count). The van der Waals surface area contributed by atoms with Crippen molar-refractivity contribution >= 4 is 17.6 Å². The molecule has 5 N–H and O–H groups in total. The van der Waals surface area contributed by atoms with Gasteiger partial charge in [-0.05, 0) is 59.7 Å². The van der Waals surface area contributed by atoms with Gasteiger partial charge in [0.25, 0.3) is 0 Å². The minimum atomic E-state index is -1.02. The molecule has 0 radical (unpaired) electrons. The number of benzene rings is 4. The molecule has 0 saturated heterocycles. The van der Waals surface area contributed by atoms with E-state index in [1.807, 2.05) is 0 Å². The Morgan fingerprint density at radius 3 is 1.95 bits per heavy atom. The molecule has 38 heavy (non-hydrogen) atoms. The number of hydrogen-bond acceptors (Lipinski definition) is 8. The number of allylic oxidation sites excluding steroid dienone is 1. The molecule has 2 atom stereocenters. The van der Waals surface area contributed by atoms with Crippen LogP contribution in [0.4, 0.5) is 0 Å². The predicted octanol–water partition coefficient (Wildman–Crippen LogP) is 5.21. The first-order valence-corrected chi connectivity index (χ1v) is 11.6. The maximum atomic E-state index is 13.7. The van der Waals surface area contributed by atoms with Crippen LogP contribution in [0.15, 0.2) is 84.9 Å². The molecule has 1 aliphatic heterocycles. The Morgan fingerprint density at radius 2 is 1.29 bits per heavy atom. The lowest BCUT2D eigenvalue weighted by molar-refractivity contribution is 0.0892. The third-order valence-electron chi connectivity index (χ3n) is 6.36. The van der Waals surface area contributed by atoms with Crippen LogP contribution in [0.25, 0.3) is 6.08 Å². The molecule has 8 heteroatoms. The fraction of sp³-hybridized carbons (Fsp3) is 0.0667. The second kappa shape index (κ2) is 9.67. The third kappa shape index (κ3) is 4.62. The first-order chi connectivity index (χ1) is 18.2. The molecule has 4 aromatic carbocycles. The second-order valence-corrected chi connectivity index (χ2v) is 8.87. The van der Waals surface area contributed by atoms with E-state index in [0.29, 0.717) is 16.7 Å². The highest BCUT2D eigenvalue weighted by Gasteiger charge is 2.42. The Kier molecular flexibility index (Phi) is 6.22. The van der Waals surface area contributed by atoms with Gasteiger partial charge in [-0.15, -0.1) is 0 Å². The molecule has 0 spiro atoms. The summed E-state index contributed by atoms with van der Waals surface area (Å²) >= 11 is 0. The summed E-state index contributed by atoms with van der Waals surface area (Å²) in [5.74, 6) is -2.73. The van der Waals surface area contributed by atoms with E-state index in [1.54, 1.807) is 24.3 Å². The van der Waals surface area contributed by atoms with Gasteiger partial charge in [0.1, 0.15) is 40.6 Å². The molecular weight excluding hydrogens is 488 g/mol. The van der Waals surface area contributed by atoms with E-state index in [9.17, 15) is 35.1 Å². The van der Waals surface area contributed by atoms with E-state index >= 15 is 0 Å². The summed E-state index contributed by atoms with van der Waals surface area (Å²) in [7, 11) is 0. The summed E-state index contributed by atoms with van der Waals surface area (Å²) in [6.45, 7) is 0. The van der Waals surface area contributed by atoms with Gasteiger partial charge < -0.3 is 30.3 Å². The van der Waals surface area contributed by atoms with Gasteiger partial charge in [0.2, 0.25) is 0 Å². The van der Waals surface area contributed by atoms with Crippen molar-refractivity contribution in [2.45, 2.75) is 12.0 Å². The van der Waals surface area contributed by atoms with Crippen LogP contribution in [-0.4, -0.2) is 37.1 Å². The largest absolute Gasteiger partial charge is 0.508 e. The monoisotopic (exact) mass is 510 g/mol. The van der Waals surface area contributed by atoms with Gasteiger partial charge in [0.05, 0.1) is 17.0 Å². The summed E-state index contributed by atoms with van der Waals surface area (Å²) in [5.41, 5.74) is 1.43. The van der Waals surface area contributed by atoms with Crippen LogP contribution >= 0.6 is 0 Å². The molecule has 0 saturated carbocycles. The third-order valence-corrected chi connectivity index (χ3v) is 6.36.